The molecule has 110 valence electrons. The van der Waals surface area contributed by atoms with Crippen LogP contribution in [0.1, 0.15) is 32.1 Å². The molecule has 1 aromatic carbocycles. The SMILES string of the molecule is CC(C)C(C)NC(=O)/C(=C/c1ccco1)c1ccccc1. The number of amides is 1. The van der Waals surface area contributed by atoms with Gasteiger partial charge in [-0.2, -0.15) is 0 Å². The van der Waals surface area contributed by atoms with Crippen molar-refractivity contribution in [1.82, 2.24) is 5.32 Å². The van der Waals surface area contributed by atoms with E-state index < -0.39 is 0 Å². The predicted octanol–water partition coefficient (Wildman–Crippen LogP) is 3.98. The first-order valence-electron chi connectivity index (χ1n) is 7.19. The van der Waals surface area contributed by atoms with Crippen LogP contribution in [0.15, 0.2) is 53.1 Å². The van der Waals surface area contributed by atoms with Crippen molar-refractivity contribution < 1.29 is 9.21 Å². The molecule has 1 amide bonds. The van der Waals surface area contributed by atoms with Crippen LogP contribution in [0.25, 0.3) is 11.6 Å². The largest absolute Gasteiger partial charge is 0.465 e. The van der Waals surface area contributed by atoms with Gasteiger partial charge in [0.2, 0.25) is 0 Å². The molecular weight excluding hydrogens is 262 g/mol. The highest BCUT2D eigenvalue weighted by molar-refractivity contribution is 6.24. The van der Waals surface area contributed by atoms with Gasteiger partial charge in [-0.3, -0.25) is 4.79 Å². The number of furan rings is 1. The summed E-state index contributed by atoms with van der Waals surface area (Å²) in [5.74, 6) is 0.967. The lowest BCUT2D eigenvalue weighted by atomic mass is 10.0. The molecule has 1 heterocycles. The zero-order valence-electron chi connectivity index (χ0n) is 12.7. The van der Waals surface area contributed by atoms with E-state index in [1.165, 1.54) is 0 Å². The molecule has 2 aromatic rings. The second kappa shape index (κ2) is 6.93. The Morgan fingerprint density at radius 2 is 1.81 bits per heavy atom. The van der Waals surface area contributed by atoms with E-state index in [1.54, 1.807) is 12.3 Å². The monoisotopic (exact) mass is 283 g/mol. The first-order valence-corrected chi connectivity index (χ1v) is 7.19. The van der Waals surface area contributed by atoms with Gasteiger partial charge in [0.25, 0.3) is 5.91 Å². The molecule has 1 N–H and O–H groups in total. The Bertz CT molecular complexity index is 597. The Hall–Kier alpha value is -2.29. The summed E-state index contributed by atoms with van der Waals surface area (Å²) in [4.78, 5) is 12.6. The molecule has 0 radical (unpaired) electrons. The molecule has 0 bridgehead atoms. The number of carbonyl (C=O) groups is 1. The quantitative estimate of drug-likeness (QED) is 0.843. The Balaban J connectivity index is 2.31. The Morgan fingerprint density at radius 1 is 1.10 bits per heavy atom. The zero-order chi connectivity index (χ0) is 15.2. The number of carbonyl (C=O) groups excluding carboxylic acids is 1. The van der Waals surface area contributed by atoms with Gasteiger partial charge >= 0.3 is 0 Å². The molecule has 1 aromatic heterocycles. The van der Waals surface area contributed by atoms with Gasteiger partial charge in [-0.25, -0.2) is 0 Å². The van der Waals surface area contributed by atoms with Crippen LogP contribution in [0.5, 0.6) is 0 Å². The second-order valence-electron chi connectivity index (χ2n) is 5.45. The number of benzene rings is 1. The van der Waals surface area contributed by atoms with Gasteiger partial charge in [-0.05, 0) is 36.6 Å². The maximum absolute atomic E-state index is 12.6. The number of nitrogens with one attached hydrogen (secondary N) is 1. The maximum atomic E-state index is 12.6. The lowest BCUT2D eigenvalue weighted by Gasteiger charge is -2.18. The van der Waals surface area contributed by atoms with E-state index in [1.807, 2.05) is 49.4 Å². The van der Waals surface area contributed by atoms with Crippen LogP contribution in [0.3, 0.4) is 0 Å². The van der Waals surface area contributed by atoms with Crippen molar-refractivity contribution in [2.24, 2.45) is 5.92 Å². The molecule has 1 unspecified atom stereocenters. The van der Waals surface area contributed by atoms with E-state index in [0.29, 0.717) is 17.3 Å². The molecular formula is C18H21NO2. The molecule has 2 rings (SSSR count). The normalized spacial score (nSPS) is 13.2. The fraction of sp³-hybridized carbons (Fsp3) is 0.278. The summed E-state index contributed by atoms with van der Waals surface area (Å²) in [6.07, 6.45) is 3.38. The first-order chi connectivity index (χ1) is 10.1. The van der Waals surface area contributed by atoms with E-state index in [-0.39, 0.29) is 11.9 Å². The van der Waals surface area contributed by atoms with E-state index >= 15 is 0 Å². The predicted molar refractivity (Wildman–Crippen MR) is 85.5 cm³/mol. The second-order valence-corrected chi connectivity index (χ2v) is 5.45. The molecule has 0 spiro atoms. The summed E-state index contributed by atoms with van der Waals surface area (Å²) in [7, 11) is 0. The molecule has 0 saturated heterocycles. The van der Waals surface area contributed by atoms with Crippen LogP contribution < -0.4 is 5.32 Å². The molecule has 1 atom stereocenters. The minimum Gasteiger partial charge on any atom is -0.465 e. The summed E-state index contributed by atoms with van der Waals surface area (Å²) in [5.41, 5.74) is 1.49. The molecule has 0 saturated carbocycles. The molecule has 0 fully saturated rings. The standard InChI is InChI=1S/C18H21NO2/c1-13(2)14(3)19-18(20)17(12-16-10-7-11-21-16)15-8-5-4-6-9-15/h4-14H,1-3H3,(H,19,20)/b17-12+. The van der Waals surface area contributed by atoms with Crippen molar-refractivity contribution in [2.75, 3.05) is 0 Å². The number of hydrogen-bond donors (Lipinski definition) is 1. The Labute approximate surface area is 125 Å². The Morgan fingerprint density at radius 3 is 2.38 bits per heavy atom. The molecule has 0 aliphatic heterocycles. The van der Waals surface area contributed by atoms with Crippen LogP contribution in [0.4, 0.5) is 0 Å². The van der Waals surface area contributed by atoms with Crippen LogP contribution in [-0.4, -0.2) is 11.9 Å². The highest BCUT2D eigenvalue weighted by atomic mass is 16.3. The minimum atomic E-state index is -0.0844. The fourth-order valence-corrected chi connectivity index (χ4v) is 1.86. The zero-order valence-corrected chi connectivity index (χ0v) is 12.7. The average molecular weight is 283 g/mol. The van der Waals surface area contributed by atoms with Gasteiger partial charge in [-0.1, -0.05) is 44.2 Å². The summed E-state index contributed by atoms with van der Waals surface area (Å²) in [5, 5.41) is 3.04. The molecule has 0 aliphatic rings. The number of rotatable bonds is 5. The number of hydrogen-bond acceptors (Lipinski definition) is 2. The smallest absolute Gasteiger partial charge is 0.252 e. The van der Waals surface area contributed by atoms with Gasteiger partial charge in [0.1, 0.15) is 5.76 Å². The minimum absolute atomic E-state index is 0.0844. The van der Waals surface area contributed by atoms with Crippen molar-refractivity contribution in [1.29, 1.82) is 0 Å². The molecule has 3 nitrogen and oxygen atoms in total. The molecule has 0 aliphatic carbocycles. The van der Waals surface area contributed by atoms with Crippen molar-refractivity contribution in [3.05, 3.63) is 60.1 Å². The first kappa shape index (κ1) is 15.1. The van der Waals surface area contributed by atoms with Crippen LogP contribution in [0, 0.1) is 5.92 Å². The highest BCUT2D eigenvalue weighted by Gasteiger charge is 2.16. The lowest BCUT2D eigenvalue weighted by Crippen LogP contribution is -2.36. The van der Waals surface area contributed by atoms with Crippen molar-refractivity contribution in [2.45, 2.75) is 26.8 Å². The van der Waals surface area contributed by atoms with Crippen molar-refractivity contribution in [3.63, 3.8) is 0 Å². The van der Waals surface area contributed by atoms with Gasteiger partial charge in [-0.15, -0.1) is 0 Å². The maximum Gasteiger partial charge on any atom is 0.252 e. The average Bonchev–Trinajstić information content (AvgIpc) is 2.98. The van der Waals surface area contributed by atoms with E-state index in [0.717, 1.165) is 5.56 Å². The highest BCUT2D eigenvalue weighted by Crippen LogP contribution is 2.19. The van der Waals surface area contributed by atoms with Crippen LogP contribution >= 0.6 is 0 Å². The summed E-state index contributed by atoms with van der Waals surface area (Å²) in [6.45, 7) is 6.19. The fourth-order valence-electron chi connectivity index (χ4n) is 1.86. The lowest BCUT2D eigenvalue weighted by molar-refractivity contribution is -0.116. The third-order valence-electron chi connectivity index (χ3n) is 3.52. The van der Waals surface area contributed by atoms with Crippen LogP contribution in [0.2, 0.25) is 0 Å². The van der Waals surface area contributed by atoms with Crippen molar-refractivity contribution >= 4 is 17.6 Å². The van der Waals surface area contributed by atoms with E-state index in [4.69, 9.17) is 4.42 Å². The van der Waals surface area contributed by atoms with Gasteiger partial charge in [0.05, 0.1) is 11.8 Å². The molecule has 21 heavy (non-hydrogen) atoms. The Kier molecular flexibility index (Phi) is 4.99. The summed E-state index contributed by atoms with van der Waals surface area (Å²) in [6, 6.07) is 13.4. The topological polar surface area (TPSA) is 42.2 Å². The van der Waals surface area contributed by atoms with Crippen LogP contribution in [-0.2, 0) is 4.79 Å². The van der Waals surface area contributed by atoms with Crippen molar-refractivity contribution in [3.8, 4) is 0 Å². The van der Waals surface area contributed by atoms with E-state index in [2.05, 4.69) is 19.2 Å². The van der Waals surface area contributed by atoms with Gasteiger partial charge in [0, 0.05) is 6.04 Å². The van der Waals surface area contributed by atoms with E-state index in [9.17, 15) is 4.79 Å². The third kappa shape index (κ3) is 4.09. The van der Waals surface area contributed by atoms with Gasteiger partial charge in [0.15, 0.2) is 0 Å². The molecule has 3 heteroatoms. The van der Waals surface area contributed by atoms with Gasteiger partial charge < -0.3 is 9.73 Å². The third-order valence-corrected chi connectivity index (χ3v) is 3.52. The summed E-state index contributed by atoms with van der Waals surface area (Å²) < 4.78 is 5.33. The summed E-state index contributed by atoms with van der Waals surface area (Å²) >= 11 is 0.